The molecule has 0 aromatic heterocycles. The highest BCUT2D eigenvalue weighted by molar-refractivity contribution is 5.83. The molecule has 0 fully saturated rings. The molecular weight excluding hydrogens is 170 g/mol. The summed E-state index contributed by atoms with van der Waals surface area (Å²) in [7, 11) is 0. The molecule has 0 spiro atoms. The second-order valence-corrected chi connectivity index (χ2v) is 5.33. The highest BCUT2D eigenvalue weighted by Crippen LogP contribution is 2.12. The molecule has 0 rings (SSSR count). The van der Waals surface area contributed by atoms with E-state index in [1.54, 1.807) is 5.71 Å². The second-order valence-electron chi connectivity index (χ2n) is 5.33. The van der Waals surface area contributed by atoms with Crippen LogP contribution in [0.15, 0.2) is 0 Å². The van der Waals surface area contributed by atoms with Crippen LogP contribution in [0.25, 0.3) is 0 Å². The van der Waals surface area contributed by atoms with Gasteiger partial charge in [-0.2, -0.15) is 0 Å². The SMILES string of the molecule is CC(C)C(C(C)C)=[N+](C(C)C)C(C)C. The maximum atomic E-state index is 2.56. The van der Waals surface area contributed by atoms with Crippen molar-refractivity contribution in [3.05, 3.63) is 0 Å². The first kappa shape index (κ1) is 13.7. The normalized spacial score (nSPS) is 12.0. The maximum absolute atomic E-state index is 2.56. The van der Waals surface area contributed by atoms with Gasteiger partial charge in [-0.25, -0.2) is 4.58 Å². The lowest BCUT2D eigenvalue weighted by Crippen LogP contribution is -2.38. The third-order valence-electron chi connectivity index (χ3n) is 2.59. The highest BCUT2D eigenvalue weighted by Gasteiger charge is 2.26. The van der Waals surface area contributed by atoms with Crippen molar-refractivity contribution in [2.45, 2.75) is 67.5 Å². The molecule has 0 atom stereocenters. The van der Waals surface area contributed by atoms with E-state index in [4.69, 9.17) is 0 Å². The molecule has 84 valence electrons. The fourth-order valence-corrected chi connectivity index (χ4v) is 2.46. The van der Waals surface area contributed by atoms with Gasteiger partial charge in [-0.1, -0.05) is 27.7 Å². The van der Waals surface area contributed by atoms with Crippen molar-refractivity contribution in [1.82, 2.24) is 0 Å². The van der Waals surface area contributed by atoms with Gasteiger partial charge in [0.1, 0.15) is 12.1 Å². The van der Waals surface area contributed by atoms with E-state index in [0.29, 0.717) is 23.9 Å². The van der Waals surface area contributed by atoms with E-state index in [1.807, 2.05) is 0 Å². The van der Waals surface area contributed by atoms with Gasteiger partial charge < -0.3 is 0 Å². The molecule has 0 aromatic rings. The molecular formula is C13H28N+. The fraction of sp³-hybridized carbons (Fsp3) is 0.923. The van der Waals surface area contributed by atoms with E-state index >= 15 is 0 Å². The molecule has 0 unspecified atom stereocenters. The van der Waals surface area contributed by atoms with Crippen molar-refractivity contribution in [3.63, 3.8) is 0 Å². The van der Waals surface area contributed by atoms with Crippen LogP contribution in [0.5, 0.6) is 0 Å². The molecule has 14 heavy (non-hydrogen) atoms. The standard InChI is InChI=1S/C13H28N/c1-9(2)13(10(3)4)14(11(5)6)12(7)8/h9-12H,1-8H3/q+1. The zero-order valence-electron chi connectivity index (χ0n) is 11.3. The Hall–Kier alpha value is -0.330. The fourth-order valence-electron chi connectivity index (χ4n) is 2.46. The van der Waals surface area contributed by atoms with Crippen LogP contribution in [0.2, 0.25) is 0 Å². The molecule has 0 bridgehead atoms. The Morgan fingerprint density at radius 2 is 0.929 bits per heavy atom. The summed E-state index contributed by atoms with van der Waals surface area (Å²) in [6.45, 7) is 18.3. The first-order valence-corrected chi connectivity index (χ1v) is 5.94. The van der Waals surface area contributed by atoms with Crippen LogP contribution >= 0.6 is 0 Å². The van der Waals surface area contributed by atoms with Crippen molar-refractivity contribution in [3.8, 4) is 0 Å². The monoisotopic (exact) mass is 198 g/mol. The molecule has 0 aliphatic heterocycles. The van der Waals surface area contributed by atoms with Crippen LogP contribution in [-0.2, 0) is 0 Å². The highest BCUT2D eigenvalue weighted by atomic mass is 15.1. The zero-order valence-corrected chi connectivity index (χ0v) is 11.3. The Bertz CT molecular complexity index is 155. The Morgan fingerprint density at radius 3 is 1.00 bits per heavy atom. The molecule has 0 amide bonds. The Labute approximate surface area is 90.2 Å². The van der Waals surface area contributed by atoms with Gasteiger partial charge in [0, 0.05) is 11.8 Å². The van der Waals surface area contributed by atoms with Crippen LogP contribution in [0.1, 0.15) is 55.4 Å². The van der Waals surface area contributed by atoms with Crippen molar-refractivity contribution in [1.29, 1.82) is 0 Å². The molecule has 1 nitrogen and oxygen atoms in total. The third kappa shape index (κ3) is 3.43. The van der Waals surface area contributed by atoms with Gasteiger partial charge in [0.15, 0.2) is 5.71 Å². The van der Waals surface area contributed by atoms with Crippen LogP contribution < -0.4 is 0 Å². The summed E-state index contributed by atoms with van der Waals surface area (Å²) in [5.74, 6) is 1.31. The third-order valence-corrected chi connectivity index (χ3v) is 2.59. The van der Waals surface area contributed by atoms with Crippen molar-refractivity contribution in [2.24, 2.45) is 11.8 Å². The molecule has 0 aromatic carbocycles. The number of rotatable bonds is 4. The molecule has 0 aliphatic carbocycles. The first-order valence-electron chi connectivity index (χ1n) is 5.94. The summed E-state index contributed by atoms with van der Waals surface area (Å²) in [4.78, 5) is 0. The lowest BCUT2D eigenvalue weighted by molar-refractivity contribution is -0.591. The van der Waals surface area contributed by atoms with E-state index in [9.17, 15) is 0 Å². The molecule has 0 saturated carbocycles. The van der Waals surface area contributed by atoms with Crippen molar-refractivity contribution >= 4 is 5.71 Å². The van der Waals surface area contributed by atoms with Gasteiger partial charge in [-0.05, 0) is 27.7 Å². The minimum Gasteiger partial charge on any atom is -0.232 e. The topological polar surface area (TPSA) is 3.01 Å². The Morgan fingerprint density at radius 1 is 0.643 bits per heavy atom. The summed E-state index contributed by atoms with van der Waals surface area (Å²) < 4.78 is 2.56. The number of hydrogen-bond acceptors (Lipinski definition) is 0. The molecule has 1 heteroatoms. The molecule has 0 saturated heterocycles. The smallest absolute Gasteiger partial charge is 0.157 e. The quantitative estimate of drug-likeness (QED) is 0.480. The van der Waals surface area contributed by atoms with Gasteiger partial charge in [0.25, 0.3) is 0 Å². The lowest BCUT2D eigenvalue weighted by atomic mass is 9.95. The lowest BCUT2D eigenvalue weighted by Gasteiger charge is -2.21. The van der Waals surface area contributed by atoms with E-state index in [0.717, 1.165) is 0 Å². The van der Waals surface area contributed by atoms with Gasteiger partial charge >= 0.3 is 0 Å². The molecule has 0 radical (unpaired) electrons. The zero-order chi connectivity index (χ0) is 11.5. The summed E-state index contributed by atoms with van der Waals surface area (Å²) >= 11 is 0. The summed E-state index contributed by atoms with van der Waals surface area (Å²) in [5.41, 5.74) is 1.59. The number of nitrogens with zero attached hydrogens (tertiary/aromatic N) is 1. The predicted octanol–water partition coefficient (Wildman–Crippen LogP) is 3.57. The van der Waals surface area contributed by atoms with Gasteiger partial charge in [-0.15, -0.1) is 0 Å². The molecule has 0 aliphatic rings. The van der Waals surface area contributed by atoms with Gasteiger partial charge in [0.05, 0.1) is 0 Å². The van der Waals surface area contributed by atoms with Crippen molar-refractivity contribution < 1.29 is 4.58 Å². The van der Waals surface area contributed by atoms with Gasteiger partial charge in [-0.3, -0.25) is 0 Å². The minimum atomic E-state index is 0.606. The summed E-state index contributed by atoms with van der Waals surface area (Å²) in [6.07, 6.45) is 0. The Kier molecular flexibility index (Phi) is 5.40. The minimum absolute atomic E-state index is 0.606. The Balaban J connectivity index is 5.27. The number of hydrogen-bond donors (Lipinski definition) is 0. The van der Waals surface area contributed by atoms with Crippen LogP contribution in [-0.4, -0.2) is 22.4 Å². The summed E-state index contributed by atoms with van der Waals surface area (Å²) in [5, 5.41) is 0. The summed E-state index contributed by atoms with van der Waals surface area (Å²) in [6, 6.07) is 1.21. The van der Waals surface area contributed by atoms with Crippen LogP contribution in [0, 0.1) is 11.8 Å². The largest absolute Gasteiger partial charge is 0.232 e. The average molecular weight is 198 g/mol. The second kappa shape index (κ2) is 5.53. The van der Waals surface area contributed by atoms with E-state index in [1.165, 1.54) is 0 Å². The van der Waals surface area contributed by atoms with Crippen LogP contribution in [0.3, 0.4) is 0 Å². The average Bonchev–Trinajstić information content (AvgIpc) is 1.96. The van der Waals surface area contributed by atoms with Gasteiger partial charge in [0.2, 0.25) is 0 Å². The van der Waals surface area contributed by atoms with E-state index < -0.39 is 0 Å². The van der Waals surface area contributed by atoms with E-state index in [2.05, 4.69) is 60.0 Å². The van der Waals surface area contributed by atoms with Crippen LogP contribution in [0.4, 0.5) is 0 Å². The van der Waals surface area contributed by atoms with E-state index in [-0.39, 0.29) is 0 Å². The first-order chi connectivity index (χ1) is 6.29. The van der Waals surface area contributed by atoms with Crippen molar-refractivity contribution in [2.75, 3.05) is 0 Å². The maximum Gasteiger partial charge on any atom is 0.157 e. The molecule has 0 heterocycles. The molecule has 0 N–H and O–H groups in total. The predicted molar refractivity (Wildman–Crippen MR) is 65.2 cm³/mol.